The molecule has 1 aliphatic carbocycles. The number of aliphatic hydroxyl groups is 1. The van der Waals surface area contributed by atoms with Crippen molar-refractivity contribution < 1.29 is 19.4 Å². The van der Waals surface area contributed by atoms with Crippen LogP contribution in [0.15, 0.2) is 54.0 Å². The van der Waals surface area contributed by atoms with E-state index in [4.69, 9.17) is 9.47 Å². The lowest BCUT2D eigenvalue weighted by Gasteiger charge is -2.35. The molecule has 1 aromatic rings. The van der Waals surface area contributed by atoms with Gasteiger partial charge in [0.1, 0.15) is 0 Å². The van der Waals surface area contributed by atoms with Gasteiger partial charge < -0.3 is 14.6 Å². The maximum atomic E-state index is 11.7. The summed E-state index contributed by atoms with van der Waals surface area (Å²) in [4.78, 5) is 11.7. The second-order valence-corrected chi connectivity index (χ2v) is 4.56. The molecule has 0 aliphatic heterocycles. The Hall–Kier alpha value is -2.07. The number of aldehydes is 1. The molecule has 0 heterocycles. The van der Waals surface area contributed by atoms with Crippen LogP contribution in [0.3, 0.4) is 0 Å². The van der Waals surface area contributed by atoms with Crippen LogP contribution in [0.2, 0.25) is 0 Å². The maximum absolute atomic E-state index is 11.7. The molecule has 0 spiro atoms. The summed E-state index contributed by atoms with van der Waals surface area (Å²) in [6.45, 7) is 2.20. The Morgan fingerprint density at radius 3 is 2.60 bits per heavy atom. The van der Waals surface area contributed by atoms with Crippen LogP contribution < -0.4 is 0 Å². The quantitative estimate of drug-likeness (QED) is 0.839. The monoisotopic (exact) mass is 274 g/mol. The Bertz CT molecular complexity index is 533. The third-order valence-corrected chi connectivity index (χ3v) is 3.38. The fourth-order valence-corrected chi connectivity index (χ4v) is 2.44. The van der Waals surface area contributed by atoms with E-state index in [1.165, 1.54) is 13.2 Å². The normalized spacial score (nSPS) is 25.6. The van der Waals surface area contributed by atoms with Crippen LogP contribution >= 0.6 is 0 Å². The maximum Gasteiger partial charge on any atom is 0.159 e. The Kier molecular flexibility index (Phi) is 4.25. The van der Waals surface area contributed by atoms with Crippen LogP contribution in [0.5, 0.6) is 0 Å². The van der Waals surface area contributed by atoms with Gasteiger partial charge in [-0.3, -0.25) is 4.79 Å². The van der Waals surface area contributed by atoms with Gasteiger partial charge in [0.25, 0.3) is 0 Å². The Balaban J connectivity index is 2.53. The van der Waals surface area contributed by atoms with E-state index in [2.05, 4.69) is 0 Å². The number of hydrogen-bond acceptors (Lipinski definition) is 4. The molecule has 1 aromatic carbocycles. The molecule has 0 saturated carbocycles. The van der Waals surface area contributed by atoms with Crippen LogP contribution in [0.25, 0.3) is 0 Å². The summed E-state index contributed by atoms with van der Waals surface area (Å²) in [5.41, 5.74) is -0.265. The van der Waals surface area contributed by atoms with E-state index in [1.807, 2.05) is 37.3 Å². The summed E-state index contributed by atoms with van der Waals surface area (Å²) in [6, 6.07) is 9.47. The Morgan fingerprint density at radius 2 is 2.05 bits per heavy atom. The molecule has 1 aliphatic rings. The first-order valence-electron chi connectivity index (χ1n) is 6.50. The van der Waals surface area contributed by atoms with E-state index in [9.17, 15) is 9.90 Å². The van der Waals surface area contributed by atoms with E-state index in [-0.39, 0.29) is 17.4 Å². The highest BCUT2D eigenvalue weighted by molar-refractivity contribution is 5.71. The minimum absolute atomic E-state index is 0.0125. The van der Waals surface area contributed by atoms with Gasteiger partial charge in [0.05, 0.1) is 7.11 Å². The van der Waals surface area contributed by atoms with E-state index in [0.717, 1.165) is 11.8 Å². The zero-order valence-corrected chi connectivity index (χ0v) is 11.6. The molecule has 0 saturated heterocycles. The molecule has 0 bridgehead atoms. The lowest BCUT2D eigenvalue weighted by Crippen LogP contribution is -2.41. The lowest BCUT2D eigenvalue weighted by molar-refractivity contribution is -0.126. The highest BCUT2D eigenvalue weighted by atomic mass is 16.5. The number of aliphatic hydroxyl groups excluding tert-OH is 1. The van der Waals surface area contributed by atoms with E-state index in [0.29, 0.717) is 6.61 Å². The molecule has 2 rings (SSSR count). The molecule has 0 aromatic heterocycles. The molecule has 0 fully saturated rings. The average Bonchev–Trinajstić information content (AvgIpc) is 2.50. The van der Waals surface area contributed by atoms with Gasteiger partial charge in [-0.1, -0.05) is 30.3 Å². The van der Waals surface area contributed by atoms with Crippen molar-refractivity contribution in [3.05, 3.63) is 59.6 Å². The minimum Gasteiger partial charge on any atom is -0.504 e. The first-order valence-corrected chi connectivity index (χ1v) is 6.50. The van der Waals surface area contributed by atoms with Crippen molar-refractivity contribution in [3.8, 4) is 0 Å². The van der Waals surface area contributed by atoms with Crippen LogP contribution in [0, 0.1) is 0 Å². The predicted octanol–water partition coefficient (Wildman–Crippen LogP) is 2.73. The number of rotatable bonds is 5. The highest BCUT2D eigenvalue weighted by Gasteiger charge is 2.42. The predicted molar refractivity (Wildman–Crippen MR) is 75.4 cm³/mol. The zero-order valence-electron chi connectivity index (χ0n) is 11.6. The molecule has 106 valence electrons. The van der Waals surface area contributed by atoms with Gasteiger partial charge in [0.2, 0.25) is 0 Å². The smallest absolute Gasteiger partial charge is 0.159 e. The second kappa shape index (κ2) is 5.92. The number of hydrogen-bond donors (Lipinski definition) is 1. The number of methoxy groups -OCH3 is 1. The molecule has 4 heteroatoms. The van der Waals surface area contributed by atoms with E-state index >= 15 is 0 Å². The highest BCUT2D eigenvalue weighted by Crippen LogP contribution is 2.39. The largest absolute Gasteiger partial charge is 0.504 e. The summed E-state index contributed by atoms with van der Waals surface area (Å²) in [5, 5.41) is 9.99. The van der Waals surface area contributed by atoms with Crippen molar-refractivity contribution in [1.29, 1.82) is 0 Å². The van der Waals surface area contributed by atoms with Crippen LogP contribution in [-0.4, -0.2) is 30.7 Å². The summed E-state index contributed by atoms with van der Waals surface area (Å²) >= 11 is 0. The summed E-state index contributed by atoms with van der Waals surface area (Å²) < 4.78 is 10.8. The molecule has 20 heavy (non-hydrogen) atoms. The molecular formula is C16H18O4. The van der Waals surface area contributed by atoms with Crippen LogP contribution in [0.1, 0.15) is 18.4 Å². The molecule has 2 unspecified atom stereocenters. The van der Waals surface area contributed by atoms with E-state index < -0.39 is 5.60 Å². The van der Waals surface area contributed by atoms with Gasteiger partial charge in [0.15, 0.2) is 23.4 Å². The average molecular weight is 274 g/mol. The first-order chi connectivity index (χ1) is 9.66. The van der Waals surface area contributed by atoms with Crippen molar-refractivity contribution in [2.24, 2.45) is 0 Å². The summed E-state index contributed by atoms with van der Waals surface area (Å²) in [5.74, 6) is -0.128. The SMILES string of the molecule is CCOC1(C=O)C=C(OC)C(O)=CC1c1ccccc1. The minimum atomic E-state index is -1.16. The second-order valence-electron chi connectivity index (χ2n) is 4.56. The van der Waals surface area contributed by atoms with Gasteiger partial charge >= 0.3 is 0 Å². The Labute approximate surface area is 118 Å². The van der Waals surface area contributed by atoms with E-state index in [1.54, 1.807) is 6.08 Å². The van der Waals surface area contributed by atoms with Gasteiger partial charge in [-0.25, -0.2) is 0 Å². The zero-order chi connectivity index (χ0) is 14.6. The van der Waals surface area contributed by atoms with Crippen molar-refractivity contribution in [1.82, 2.24) is 0 Å². The molecule has 4 nitrogen and oxygen atoms in total. The Morgan fingerprint density at radius 1 is 1.35 bits per heavy atom. The van der Waals surface area contributed by atoms with Gasteiger partial charge in [-0.2, -0.15) is 0 Å². The molecule has 1 N–H and O–H groups in total. The third-order valence-electron chi connectivity index (χ3n) is 3.38. The molecular weight excluding hydrogens is 256 g/mol. The number of carbonyl (C=O) groups is 1. The molecule has 2 atom stereocenters. The van der Waals surface area contributed by atoms with Gasteiger partial charge in [-0.05, 0) is 18.6 Å². The first kappa shape index (κ1) is 14.3. The van der Waals surface area contributed by atoms with Gasteiger partial charge in [-0.15, -0.1) is 0 Å². The fraction of sp³-hybridized carbons (Fsp3) is 0.312. The number of ether oxygens (including phenoxy) is 2. The lowest BCUT2D eigenvalue weighted by atomic mass is 9.79. The van der Waals surface area contributed by atoms with Crippen molar-refractivity contribution in [3.63, 3.8) is 0 Å². The summed E-state index contributed by atoms with van der Waals surface area (Å²) in [7, 11) is 1.44. The van der Waals surface area contributed by atoms with Crippen LogP contribution in [-0.2, 0) is 14.3 Å². The number of carbonyl (C=O) groups excluding carboxylic acids is 1. The molecule has 0 radical (unpaired) electrons. The third kappa shape index (κ3) is 2.47. The van der Waals surface area contributed by atoms with Crippen LogP contribution in [0.4, 0.5) is 0 Å². The van der Waals surface area contributed by atoms with Crippen molar-refractivity contribution in [2.45, 2.75) is 18.4 Å². The van der Waals surface area contributed by atoms with Crippen molar-refractivity contribution >= 4 is 6.29 Å². The number of benzene rings is 1. The van der Waals surface area contributed by atoms with Crippen molar-refractivity contribution in [2.75, 3.05) is 13.7 Å². The molecule has 0 amide bonds. The topological polar surface area (TPSA) is 55.8 Å². The van der Waals surface area contributed by atoms with Gasteiger partial charge in [0, 0.05) is 18.6 Å². The summed E-state index contributed by atoms with van der Waals surface area (Å²) in [6.07, 6.45) is 3.89. The standard InChI is InChI=1S/C16H18O4/c1-3-20-16(11-17)10-15(19-2)14(18)9-13(16)12-7-5-4-6-8-12/h4-11,13,18H,3H2,1-2H3. The fourth-order valence-electron chi connectivity index (χ4n) is 2.44.